The monoisotopic (exact) mass is 730 g/mol. The summed E-state index contributed by atoms with van der Waals surface area (Å²) in [5.74, 6) is 1.63. The second-order valence-electron chi connectivity index (χ2n) is 14.4. The molecule has 8 aromatic carbocycles. The summed E-state index contributed by atoms with van der Waals surface area (Å²) < 4.78 is 8.72. The fourth-order valence-corrected chi connectivity index (χ4v) is 8.73. The Balaban J connectivity index is 1.20. The van der Waals surface area contributed by atoms with Gasteiger partial charge >= 0.3 is 0 Å². The first-order valence-electron chi connectivity index (χ1n) is 19.2. The predicted octanol–water partition coefficient (Wildman–Crippen LogP) is 12.6. The molecule has 3 heterocycles. The van der Waals surface area contributed by atoms with E-state index in [1.165, 1.54) is 16.7 Å². The van der Waals surface area contributed by atoms with Gasteiger partial charge in [-0.25, -0.2) is 4.98 Å². The molecular weight excluding hydrogens is 697 g/mol. The van der Waals surface area contributed by atoms with Gasteiger partial charge in [-0.15, -0.1) is 0 Å². The zero-order valence-corrected chi connectivity index (χ0v) is 30.8. The van der Waals surface area contributed by atoms with Gasteiger partial charge < -0.3 is 4.42 Å². The highest BCUT2D eigenvalue weighted by Gasteiger charge is 2.38. The molecular formula is C52H34N4O. The molecule has 0 radical (unpaired) electrons. The van der Waals surface area contributed by atoms with E-state index >= 15 is 0 Å². The van der Waals surface area contributed by atoms with Crippen LogP contribution in [0.3, 0.4) is 0 Å². The Labute approximate surface area is 329 Å². The number of benzene rings is 8. The average molecular weight is 731 g/mol. The van der Waals surface area contributed by atoms with Crippen molar-refractivity contribution in [2.75, 3.05) is 0 Å². The predicted molar refractivity (Wildman–Crippen MR) is 231 cm³/mol. The Morgan fingerprint density at radius 1 is 0.386 bits per heavy atom. The third-order valence-corrected chi connectivity index (χ3v) is 11.2. The van der Waals surface area contributed by atoms with E-state index in [-0.39, 0.29) is 0 Å². The van der Waals surface area contributed by atoms with Crippen LogP contribution in [0.1, 0.15) is 22.3 Å². The van der Waals surface area contributed by atoms with Gasteiger partial charge in [0.15, 0.2) is 11.6 Å². The Bertz CT molecular complexity index is 3090. The molecule has 0 atom stereocenters. The van der Waals surface area contributed by atoms with Gasteiger partial charge in [-0.2, -0.15) is 9.97 Å². The van der Waals surface area contributed by atoms with Crippen molar-refractivity contribution >= 4 is 43.7 Å². The first-order chi connectivity index (χ1) is 28.3. The van der Waals surface area contributed by atoms with Crippen LogP contribution in [0.5, 0.6) is 0 Å². The van der Waals surface area contributed by atoms with Crippen LogP contribution in [0.15, 0.2) is 211 Å². The molecule has 0 bridgehead atoms. The van der Waals surface area contributed by atoms with Crippen molar-refractivity contribution in [1.29, 1.82) is 0 Å². The molecule has 11 rings (SSSR count). The Hall–Kier alpha value is -7.63. The molecule has 0 amide bonds. The van der Waals surface area contributed by atoms with E-state index in [0.29, 0.717) is 17.6 Å². The van der Waals surface area contributed by atoms with Crippen LogP contribution >= 0.6 is 0 Å². The molecule has 0 unspecified atom stereocenters. The first-order valence-corrected chi connectivity index (χ1v) is 19.2. The van der Waals surface area contributed by atoms with Crippen LogP contribution in [-0.2, 0) is 5.41 Å². The topological polar surface area (TPSA) is 56.7 Å². The molecule has 0 aliphatic carbocycles. The largest absolute Gasteiger partial charge is 0.455 e. The van der Waals surface area contributed by atoms with Gasteiger partial charge in [-0.05, 0) is 52.6 Å². The molecule has 5 heteroatoms. The molecule has 268 valence electrons. The molecule has 0 N–H and O–H groups in total. The van der Waals surface area contributed by atoms with E-state index in [1.54, 1.807) is 0 Å². The zero-order valence-electron chi connectivity index (χ0n) is 30.8. The third-order valence-electron chi connectivity index (χ3n) is 11.2. The average Bonchev–Trinajstić information content (AvgIpc) is 3.84. The number of aromatic nitrogens is 4. The number of furan rings is 1. The van der Waals surface area contributed by atoms with Crippen molar-refractivity contribution in [1.82, 2.24) is 19.5 Å². The van der Waals surface area contributed by atoms with E-state index in [2.05, 4.69) is 187 Å². The lowest BCUT2D eigenvalue weighted by Gasteiger charge is -2.37. The van der Waals surface area contributed by atoms with Crippen molar-refractivity contribution in [3.05, 3.63) is 229 Å². The van der Waals surface area contributed by atoms with Crippen LogP contribution in [-0.4, -0.2) is 19.5 Å². The normalized spacial score (nSPS) is 11.9. The number of nitrogens with zero attached hydrogens (tertiary/aromatic N) is 4. The van der Waals surface area contributed by atoms with Crippen molar-refractivity contribution in [2.24, 2.45) is 0 Å². The lowest BCUT2D eigenvalue weighted by Crippen LogP contribution is -2.31. The van der Waals surface area contributed by atoms with Crippen molar-refractivity contribution < 1.29 is 4.42 Å². The van der Waals surface area contributed by atoms with Gasteiger partial charge in [0.25, 0.3) is 0 Å². The van der Waals surface area contributed by atoms with E-state index in [9.17, 15) is 0 Å². The summed E-state index contributed by atoms with van der Waals surface area (Å²) in [6, 6.07) is 72.2. The van der Waals surface area contributed by atoms with E-state index in [4.69, 9.17) is 19.4 Å². The van der Waals surface area contributed by atoms with E-state index in [1.807, 2.05) is 24.3 Å². The van der Waals surface area contributed by atoms with Crippen LogP contribution in [0.4, 0.5) is 0 Å². The van der Waals surface area contributed by atoms with Crippen molar-refractivity contribution in [3.63, 3.8) is 0 Å². The number of para-hydroxylation sites is 4. The number of fused-ring (bicyclic) bond motifs is 6. The maximum Gasteiger partial charge on any atom is 0.238 e. The van der Waals surface area contributed by atoms with E-state index < -0.39 is 5.41 Å². The van der Waals surface area contributed by atoms with Gasteiger partial charge in [-0.3, -0.25) is 4.57 Å². The Morgan fingerprint density at radius 2 is 0.877 bits per heavy atom. The summed E-state index contributed by atoms with van der Waals surface area (Å²) in [5, 5.41) is 4.34. The minimum Gasteiger partial charge on any atom is -0.455 e. The van der Waals surface area contributed by atoms with Crippen LogP contribution in [0, 0.1) is 0 Å². The van der Waals surface area contributed by atoms with Gasteiger partial charge in [0.2, 0.25) is 5.95 Å². The van der Waals surface area contributed by atoms with Gasteiger partial charge in [-0.1, -0.05) is 176 Å². The summed E-state index contributed by atoms with van der Waals surface area (Å²) in [6.07, 6.45) is 0. The summed E-state index contributed by atoms with van der Waals surface area (Å²) in [6.45, 7) is 0. The second-order valence-corrected chi connectivity index (χ2v) is 14.4. The lowest BCUT2D eigenvalue weighted by molar-refractivity contribution is 0.669. The molecule has 57 heavy (non-hydrogen) atoms. The standard InChI is InChI=1S/C52H34N4O/c1-4-19-36(20-5-1)52(37-21-6-2-7-22-37,38-23-8-3-9-24-38)39-25-16-18-35(34-39)49-53-50(44-30-17-29-43-42-28-12-15-33-47(42)57-48(43)44)55-51(54-49)56-45-31-13-10-26-40(45)41-27-11-14-32-46(41)56/h1-34H. The summed E-state index contributed by atoms with van der Waals surface area (Å²) in [4.78, 5) is 15.9. The SMILES string of the molecule is c1ccc(C(c2ccccc2)(c2ccccc2)c2cccc(-c3nc(-c4cccc5c4oc4ccccc45)nc(-n4c5ccccc5c5ccccc54)n3)c2)cc1. The number of hydrogen-bond acceptors (Lipinski definition) is 4. The number of rotatable bonds is 7. The fourth-order valence-electron chi connectivity index (χ4n) is 8.73. The maximum atomic E-state index is 6.56. The molecule has 0 aliphatic heterocycles. The zero-order chi connectivity index (χ0) is 37.8. The van der Waals surface area contributed by atoms with Crippen LogP contribution in [0.25, 0.3) is 72.5 Å². The minimum absolute atomic E-state index is 0.534. The Morgan fingerprint density at radius 3 is 1.51 bits per heavy atom. The highest BCUT2D eigenvalue weighted by atomic mass is 16.3. The molecule has 0 saturated carbocycles. The van der Waals surface area contributed by atoms with Crippen LogP contribution < -0.4 is 0 Å². The molecule has 5 nitrogen and oxygen atoms in total. The molecule has 0 aliphatic rings. The van der Waals surface area contributed by atoms with Gasteiger partial charge in [0.05, 0.1) is 22.0 Å². The third kappa shape index (κ3) is 5.20. The molecule has 0 spiro atoms. The number of hydrogen-bond donors (Lipinski definition) is 0. The molecule has 3 aromatic heterocycles. The molecule has 0 fully saturated rings. The van der Waals surface area contributed by atoms with Crippen molar-refractivity contribution in [2.45, 2.75) is 5.41 Å². The maximum absolute atomic E-state index is 6.56. The highest BCUT2D eigenvalue weighted by Crippen LogP contribution is 2.46. The summed E-state index contributed by atoms with van der Waals surface area (Å²) >= 11 is 0. The van der Waals surface area contributed by atoms with Gasteiger partial charge in [0, 0.05) is 27.1 Å². The summed E-state index contributed by atoms with van der Waals surface area (Å²) in [5.41, 5.74) is 9.25. The molecule has 0 saturated heterocycles. The first kappa shape index (κ1) is 32.8. The summed E-state index contributed by atoms with van der Waals surface area (Å²) in [7, 11) is 0. The molecule has 11 aromatic rings. The Kier molecular flexibility index (Phi) is 7.64. The fraction of sp³-hybridized carbons (Fsp3) is 0.0192. The lowest BCUT2D eigenvalue weighted by atomic mass is 9.65. The van der Waals surface area contributed by atoms with Crippen LogP contribution in [0.2, 0.25) is 0 Å². The van der Waals surface area contributed by atoms with E-state index in [0.717, 1.165) is 60.4 Å². The van der Waals surface area contributed by atoms with Crippen molar-refractivity contribution in [3.8, 4) is 28.7 Å². The second kappa shape index (κ2) is 13.3. The quantitative estimate of drug-likeness (QED) is 0.153. The smallest absolute Gasteiger partial charge is 0.238 e. The van der Waals surface area contributed by atoms with Gasteiger partial charge in [0.1, 0.15) is 11.2 Å². The minimum atomic E-state index is -0.634. The highest BCUT2D eigenvalue weighted by molar-refractivity contribution is 6.10.